The number of fused-ring (bicyclic) bond motifs is 1. The standard InChI is InChI=1S/C11H19NO2.ClH/c12-10-4-3-7-5-9(11(13)14)2-1-8(7)6-10;/h7-10H,1-6,12H2,(H,13,14);1H. The van der Waals surface area contributed by atoms with Crippen molar-refractivity contribution in [1.29, 1.82) is 0 Å². The van der Waals surface area contributed by atoms with Crippen LogP contribution in [0, 0.1) is 17.8 Å². The Hall–Kier alpha value is -0.280. The van der Waals surface area contributed by atoms with E-state index in [4.69, 9.17) is 10.8 Å². The maximum atomic E-state index is 10.9. The minimum atomic E-state index is -0.599. The zero-order valence-electron chi connectivity index (χ0n) is 8.89. The number of carboxylic acid groups (broad SMARTS) is 1. The van der Waals surface area contributed by atoms with Crippen molar-refractivity contribution in [3.05, 3.63) is 0 Å². The molecular formula is C11H20ClNO2. The van der Waals surface area contributed by atoms with E-state index >= 15 is 0 Å². The number of hydrogen-bond donors (Lipinski definition) is 2. The first-order chi connectivity index (χ1) is 6.66. The van der Waals surface area contributed by atoms with E-state index in [1.807, 2.05) is 0 Å². The molecule has 4 heteroatoms. The third kappa shape index (κ3) is 2.85. The van der Waals surface area contributed by atoms with Gasteiger partial charge in [0.25, 0.3) is 0 Å². The van der Waals surface area contributed by atoms with Crippen molar-refractivity contribution in [2.75, 3.05) is 0 Å². The molecule has 0 saturated heterocycles. The van der Waals surface area contributed by atoms with Crippen molar-refractivity contribution in [2.24, 2.45) is 23.5 Å². The van der Waals surface area contributed by atoms with E-state index in [2.05, 4.69) is 0 Å². The van der Waals surface area contributed by atoms with Crippen molar-refractivity contribution < 1.29 is 9.90 Å². The van der Waals surface area contributed by atoms with Crippen LogP contribution in [0.25, 0.3) is 0 Å². The van der Waals surface area contributed by atoms with Crippen LogP contribution < -0.4 is 5.73 Å². The Morgan fingerprint density at radius 2 is 1.67 bits per heavy atom. The van der Waals surface area contributed by atoms with Crippen LogP contribution in [0.4, 0.5) is 0 Å². The van der Waals surface area contributed by atoms with Gasteiger partial charge in [0.2, 0.25) is 0 Å². The van der Waals surface area contributed by atoms with Gasteiger partial charge in [-0.25, -0.2) is 0 Å². The molecule has 0 radical (unpaired) electrons. The lowest BCUT2D eigenvalue weighted by molar-refractivity contribution is -0.144. The maximum absolute atomic E-state index is 10.9. The van der Waals surface area contributed by atoms with Gasteiger partial charge in [-0.2, -0.15) is 0 Å². The summed E-state index contributed by atoms with van der Waals surface area (Å²) in [6.45, 7) is 0. The minimum Gasteiger partial charge on any atom is -0.481 e. The van der Waals surface area contributed by atoms with Gasteiger partial charge in [0.05, 0.1) is 5.92 Å². The van der Waals surface area contributed by atoms with Gasteiger partial charge in [-0.05, 0) is 50.4 Å². The Bertz CT molecular complexity index is 235. The highest BCUT2D eigenvalue weighted by atomic mass is 35.5. The molecule has 0 heterocycles. The third-order valence-electron chi connectivity index (χ3n) is 4.00. The molecule has 0 spiro atoms. The first kappa shape index (κ1) is 12.8. The van der Waals surface area contributed by atoms with Gasteiger partial charge >= 0.3 is 5.97 Å². The SMILES string of the molecule is Cl.NC1CCC2CC(C(=O)O)CCC2C1. The first-order valence-corrected chi connectivity index (χ1v) is 5.65. The fourth-order valence-electron chi connectivity index (χ4n) is 3.15. The number of aliphatic carboxylic acids is 1. The highest BCUT2D eigenvalue weighted by molar-refractivity contribution is 5.85. The molecule has 0 amide bonds. The maximum Gasteiger partial charge on any atom is 0.306 e. The molecule has 15 heavy (non-hydrogen) atoms. The minimum absolute atomic E-state index is 0. The van der Waals surface area contributed by atoms with E-state index in [1.165, 1.54) is 0 Å². The van der Waals surface area contributed by atoms with Gasteiger partial charge in [-0.1, -0.05) is 0 Å². The summed E-state index contributed by atoms with van der Waals surface area (Å²) in [5.41, 5.74) is 5.92. The van der Waals surface area contributed by atoms with E-state index in [0.29, 0.717) is 17.9 Å². The molecule has 0 aromatic rings. The Labute approximate surface area is 96.8 Å². The van der Waals surface area contributed by atoms with Crippen LogP contribution >= 0.6 is 12.4 Å². The third-order valence-corrected chi connectivity index (χ3v) is 4.00. The first-order valence-electron chi connectivity index (χ1n) is 5.65. The second-order valence-corrected chi connectivity index (χ2v) is 4.94. The quantitative estimate of drug-likeness (QED) is 0.729. The average Bonchev–Trinajstić information content (AvgIpc) is 2.16. The van der Waals surface area contributed by atoms with Gasteiger partial charge in [0, 0.05) is 6.04 Å². The normalized spacial score (nSPS) is 40.1. The lowest BCUT2D eigenvalue weighted by Gasteiger charge is -2.40. The lowest BCUT2D eigenvalue weighted by Crippen LogP contribution is -2.38. The van der Waals surface area contributed by atoms with Crippen LogP contribution in [-0.4, -0.2) is 17.1 Å². The summed E-state index contributed by atoms with van der Waals surface area (Å²) < 4.78 is 0. The molecule has 0 aromatic heterocycles. The van der Waals surface area contributed by atoms with Crippen molar-refractivity contribution in [2.45, 2.75) is 44.6 Å². The van der Waals surface area contributed by atoms with Crippen LogP contribution in [0.5, 0.6) is 0 Å². The van der Waals surface area contributed by atoms with Crippen LogP contribution in [0.3, 0.4) is 0 Å². The molecule has 2 aliphatic rings. The second kappa shape index (κ2) is 5.17. The van der Waals surface area contributed by atoms with Crippen LogP contribution in [0.1, 0.15) is 38.5 Å². The second-order valence-electron chi connectivity index (χ2n) is 4.94. The number of hydrogen-bond acceptors (Lipinski definition) is 2. The Morgan fingerprint density at radius 3 is 2.33 bits per heavy atom. The van der Waals surface area contributed by atoms with Crippen molar-refractivity contribution in [3.63, 3.8) is 0 Å². The summed E-state index contributed by atoms with van der Waals surface area (Å²) in [4.78, 5) is 10.9. The summed E-state index contributed by atoms with van der Waals surface area (Å²) in [7, 11) is 0. The predicted octanol–water partition coefficient (Wildman–Crippen LogP) is 2.04. The van der Waals surface area contributed by atoms with E-state index in [9.17, 15) is 4.79 Å². The zero-order chi connectivity index (χ0) is 10.1. The molecule has 4 unspecified atom stereocenters. The molecule has 2 aliphatic carbocycles. The van der Waals surface area contributed by atoms with Crippen LogP contribution in [-0.2, 0) is 4.79 Å². The summed E-state index contributed by atoms with van der Waals surface area (Å²) in [5, 5.41) is 8.96. The van der Waals surface area contributed by atoms with Gasteiger partial charge in [0.1, 0.15) is 0 Å². The fourth-order valence-corrected chi connectivity index (χ4v) is 3.15. The van der Waals surface area contributed by atoms with Crippen LogP contribution in [0.2, 0.25) is 0 Å². The fraction of sp³-hybridized carbons (Fsp3) is 0.909. The Morgan fingerprint density at radius 1 is 1.07 bits per heavy atom. The molecule has 2 saturated carbocycles. The predicted molar refractivity (Wildman–Crippen MR) is 61.0 cm³/mol. The number of carboxylic acids is 1. The summed E-state index contributed by atoms with van der Waals surface area (Å²) in [6, 6.07) is 0.373. The topological polar surface area (TPSA) is 63.3 Å². The van der Waals surface area contributed by atoms with Gasteiger partial charge < -0.3 is 10.8 Å². The van der Waals surface area contributed by atoms with E-state index < -0.39 is 5.97 Å². The molecule has 0 aromatic carbocycles. The molecule has 88 valence electrons. The van der Waals surface area contributed by atoms with Gasteiger partial charge in [0.15, 0.2) is 0 Å². The highest BCUT2D eigenvalue weighted by Crippen LogP contribution is 2.42. The Balaban J connectivity index is 0.00000112. The van der Waals surface area contributed by atoms with E-state index in [-0.39, 0.29) is 18.3 Å². The highest BCUT2D eigenvalue weighted by Gasteiger charge is 2.36. The van der Waals surface area contributed by atoms with Gasteiger partial charge in [-0.3, -0.25) is 4.79 Å². The molecule has 4 atom stereocenters. The number of nitrogens with two attached hydrogens (primary N) is 1. The Kier molecular flexibility index (Phi) is 4.41. The molecule has 0 aliphatic heterocycles. The van der Waals surface area contributed by atoms with Crippen molar-refractivity contribution >= 4 is 18.4 Å². The summed E-state index contributed by atoms with van der Waals surface area (Å²) >= 11 is 0. The average molecular weight is 234 g/mol. The molecule has 3 N–H and O–H groups in total. The van der Waals surface area contributed by atoms with Gasteiger partial charge in [-0.15, -0.1) is 12.4 Å². The van der Waals surface area contributed by atoms with E-state index in [0.717, 1.165) is 38.5 Å². The van der Waals surface area contributed by atoms with Crippen molar-refractivity contribution in [3.8, 4) is 0 Å². The number of carbonyl (C=O) groups is 1. The van der Waals surface area contributed by atoms with E-state index in [1.54, 1.807) is 0 Å². The number of rotatable bonds is 1. The van der Waals surface area contributed by atoms with Crippen molar-refractivity contribution in [1.82, 2.24) is 0 Å². The molecule has 3 nitrogen and oxygen atoms in total. The zero-order valence-corrected chi connectivity index (χ0v) is 9.71. The summed E-state index contributed by atoms with van der Waals surface area (Å²) in [6.07, 6.45) is 6.20. The molecule has 0 bridgehead atoms. The summed E-state index contributed by atoms with van der Waals surface area (Å²) in [5.74, 6) is 0.683. The van der Waals surface area contributed by atoms with Crippen LogP contribution in [0.15, 0.2) is 0 Å². The molecule has 2 fully saturated rings. The monoisotopic (exact) mass is 233 g/mol. The largest absolute Gasteiger partial charge is 0.481 e. The molecule has 2 rings (SSSR count). The smallest absolute Gasteiger partial charge is 0.306 e. The number of halogens is 1. The molecular weight excluding hydrogens is 214 g/mol. The lowest BCUT2D eigenvalue weighted by atomic mass is 9.66.